The van der Waals surface area contributed by atoms with Gasteiger partial charge in [0.05, 0.1) is 7.11 Å². The Balaban J connectivity index is 0.00000192. The Kier molecular flexibility index (Phi) is 9.05. The Morgan fingerprint density at radius 1 is 0.960 bits per heavy atom. The molecule has 4 heteroatoms. The summed E-state index contributed by atoms with van der Waals surface area (Å²) in [6, 6.07) is 17.3. The average Bonchev–Trinajstić information content (AvgIpc) is 2.85. The van der Waals surface area contributed by atoms with Crippen LogP contribution in [0.5, 0.6) is 5.75 Å². The summed E-state index contributed by atoms with van der Waals surface area (Å²) >= 11 is 0. The summed E-state index contributed by atoms with van der Waals surface area (Å²) in [5.41, 5.74) is 5.00. The van der Waals surface area contributed by atoms with Gasteiger partial charge in [-0.3, -0.25) is 0 Å². The van der Waals surface area contributed by atoms with Gasteiger partial charge in [-0.15, -0.1) is 28.5 Å². The quantitative estimate of drug-likeness (QED) is 0.491. The summed E-state index contributed by atoms with van der Waals surface area (Å²) in [7, 11) is 1.78. The third-order valence-electron chi connectivity index (χ3n) is 4.18. The summed E-state index contributed by atoms with van der Waals surface area (Å²) in [6.45, 7) is 8.86. The molecule has 0 amide bonds. The maximum Gasteiger partial charge on any atom is 3.00 e. The van der Waals surface area contributed by atoms with Crippen LogP contribution in [0.2, 0.25) is 0 Å². The molecule has 131 valence electrons. The molecule has 0 bridgehead atoms. The number of hydrogen-bond donors (Lipinski definition) is 0. The van der Waals surface area contributed by atoms with Gasteiger partial charge in [0.2, 0.25) is 0 Å². The van der Waals surface area contributed by atoms with E-state index in [1.807, 2.05) is 0 Å². The van der Waals surface area contributed by atoms with E-state index >= 15 is 0 Å². The zero-order chi connectivity index (χ0) is 15.9. The fourth-order valence-electron chi connectivity index (χ4n) is 3.15. The van der Waals surface area contributed by atoms with Crippen LogP contribution in [0.3, 0.4) is 0 Å². The molecule has 0 aromatic heterocycles. The normalized spacial score (nSPS) is 10.4. The second kappa shape index (κ2) is 9.31. The van der Waals surface area contributed by atoms with E-state index in [-0.39, 0.29) is 56.4 Å². The number of rotatable bonds is 2. The number of ether oxygens (including phenoxy) is 1. The van der Waals surface area contributed by atoms with Crippen LogP contribution in [0, 0.1) is 6.92 Å². The Morgan fingerprint density at radius 3 is 2.08 bits per heavy atom. The molecule has 3 aromatic carbocycles. The minimum Gasteiger partial charge on any atom is -1.00 e. The third-order valence-corrected chi connectivity index (χ3v) is 4.18. The molecule has 0 atom stereocenters. The first-order valence-corrected chi connectivity index (χ1v) is 7.76. The van der Waals surface area contributed by atoms with E-state index in [9.17, 15) is 0 Å². The molecule has 1 radical (unpaired) electrons. The van der Waals surface area contributed by atoms with Gasteiger partial charge in [-0.05, 0) is 22.1 Å². The van der Waals surface area contributed by atoms with Crippen molar-refractivity contribution in [1.82, 2.24) is 0 Å². The van der Waals surface area contributed by atoms with Crippen LogP contribution in [-0.2, 0) is 31.6 Å². The third kappa shape index (κ3) is 4.73. The van der Waals surface area contributed by atoms with Gasteiger partial charge >= 0.3 is 26.2 Å². The molecule has 1 nitrogen and oxygen atoms in total. The zero-order valence-electron chi connectivity index (χ0n) is 15.3. The van der Waals surface area contributed by atoms with E-state index < -0.39 is 0 Å². The Bertz CT molecular complexity index is 817. The second-order valence-corrected chi connectivity index (χ2v) is 6.98. The van der Waals surface area contributed by atoms with Crippen LogP contribution in [0.4, 0.5) is 0 Å². The number of halogens is 2. The van der Waals surface area contributed by atoms with Crippen LogP contribution >= 0.6 is 0 Å². The molecular weight excluding hydrogens is 430 g/mol. The fourth-order valence-corrected chi connectivity index (χ4v) is 3.15. The molecule has 25 heavy (non-hydrogen) atoms. The molecule has 0 N–H and O–H groups in total. The van der Waals surface area contributed by atoms with Crippen LogP contribution in [0.1, 0.15) is 31.9 Å². The van der Waals surface area contributed by atoms with E-state index in [4.69, 9.17) is 4.74 Å². The monoisotopic (exact) mass is 451 g/mol. The van der Waals surface area contributed by atoms with E-state index in [1.54, 1.807) is 7.11 Å². The van der Waals surface area contributed by atoms with Crippen LogP contribution in [0.25, 0.3) is 21.9 Å². The van der Waals surface area contributed by atoms with Crippen molar-refractivity contribution in [1.29, 1.82) is 0 Å². The predicted molar refractivity (Wildman–Crippen MR) is 95.0 cm³/mol. The van der Waals surface area contributed by atoms with Gasteiger partial charge in [-0.1, -0.05) is 58.0 Å². The average molecular weight is 454 g/mol. The number of hydrogen-bond acceptors (Lipinski definition) is 1. The van der Waals surface area contributed by atoms with Crippen molar-refractivity contribution in [3.63, 3.8) is 0 Å². The van der Waals surface area contributed by atoms with Crippen molar-refractivity contribution >= 4 is 10.8 Å². The van der Waals surface area contributed by atoms with E-state index in [0.717, 1.165) is 5.75 Å². The molecule has 0 saturated heterocycles. The zero-order valence-corrected chi connectivity index (χ0v) is 19.3. The predicted octanol–water partition coefficient (Wildman–Crippen LogP) is -0.154. The fraction of sp³-hybridized carbons (Fsp3) is 0.286. The van der Waals surface area contributed by atoms with E-state index in [2.05, 4.69) is 76.2 Å². The Labute approximate surface area is 182 Å². The number of methoxy groups -OCH3 is 1. The topological polar surface area (TPSA) is 9.23 Å². The standard InChI is InChI=1S/C21H23O.2ClH.Zr/c1-14-11-16-13-18(21(2,3)4)20(22-5)19(17(16)12-14)15-9-7-6-8-10-15;;;/h6-13H,1-5H3;2*1H;/q-1;;;+3/p-2. The van der Waals surface area contributed by atoms with E-state index in [1.165, 1.54) is 33.0 Å². The molecule has 0 unspecified atom stereocenters. The summed E-state index contributed by atoms with van der Waals surface area (Å²) in [5, 5.41) is 2.57. The van der Waals surface area contributed by atoms with Crippen LogP contribution in [-0.4, -0.2) is 7.11 Å². The van der Waals surface area contributed by atoms with Crippen molar-refractivity contribution in [3.8, 4) is 16.9 Å². The van der Waals surface area contributed by atoms with Crippen LogP contribution in [0.15, 0.2) is 48.5 Å². The smallest absolute Gasteiger partial charge is 1.00 e. The maximum atomic E-state index is 5.87. The maximum absolute atomic E-state index is 5.87. The Morgan fingerprint density at radius 2 is 1.56 bits per heavy atom. The molecule has 0 saturated carbocycles. The van der Waals surface area contributed by atoms with Crippen molar-refractivity contribution in [2.75, 3.05) is 7.11 Å². The first-order chi connectivity index (χ1) is 10.4. The van der Waals surface area contributed by atoms with Gasteiger partial charge in [0.15, 0.2) is 0 Å². The minimum atomic E-state index is 0. The molecule has 0 spiro atoms. The van der Waals surface area contributed by atoms with Gasteiger partial charge in [0, 0.05) is 0 Å². The van der Waals surface area contributed by atoms with Gasteiger partial charge < -0.3 is 29.6 Å². The molecule has 0 aliphatic heterocycles. The summed E-state index contributed by atoms with van der Waals surface area (Å²) in [5.74, 6) is 0.997. The minimum absolute atomic E-state index is 0. The molecule has 0 heterocycles. The second-order valence-electron chi connectivity index (χ2n) is 6.98. The summed E-state index contributed by atoms with van der Waals surface area (Å²) < 4.78 is 5.87. The molecule has 3 aromatic rings. The largest absolute Gasteiger partial charge is 3.00 e. The van der Waals surface area contributed by atoms with Gasteiger partial charge in [-0.2, -0.15) is 6.07 Å². The summed E-state index contributed by atoms with van der Waals surface area (Å²) in [6.07, 6.45) is 0. The SMILES string of the molecule is COc1c(C(C)(C)C)cc2[cH-]c(C)cc2c1-c1ccccc1.[Cl-].[Cl-].[Zr+3]. The van der Waals surface area contributed by atoms with Crippen molar-refractivity contribution in [2.45, 2.75) is 33.1 Å². The summed E-state index contributed by atoms with van der Waals surface area (Å²) in [4.78, 5) is 0. The van der Waals surface area contributed by atoms with E-state index in [0.29, 0.717) is 0 Å². The van der Waals surface area contributed by atoms with Crippen molar-refractivity contribution in [2.24, 2.45) is 0 Å². The Hall–Kier alpha value is -0.687. The van der Waals surface area contributed by atoms with Gasteiger partial charge in [-0.25, -0.2) is 0 Å². The number of aryl methyl sites for hydroxylation is 1. The molecule has 0 aliphatic carbocycles. The van der Waals surface area contributed by atoms with Crippen LogP contribution < -0.4 is 29.6 Å². The van der Waals surface area contributed by atoms with Gasteiger partial charge in [0.1, 0.15) is 5.75 Å². The molecule has 0 aliphatic rings. The first kappa shape index (κ1) is 24.3. The molecule has 0 fully saturated rings. The van der Waals surface area contributed by atoms with Gasteiger partial charge in [0.25, 0.3) is 0 Å². The number of fused-ring (bicyclic) bond motifs is 1. The molecule has 3 rings (SSSR count). The van der Waals surface area contributed by atoms with Crippen molar-refractivity contribution in [3.05, 3.63) is 59.7 Å². The van der Waals surface area contributed by atoms with Crippen molar-refractivity contribution < 1.29 is 55.8 Å². The number of benzene rings is 2. The molecular formula is C21H23Cl2OZr. The first-order valence-electron chi connectivity index (χ1n) is 7.76.